The Morgan fingerprint density at radius 3 is 2.60 bits per heavy atom. The first-order valence-corrected chi connectivity index (χ1v) is 5.32. The number of rotatable bonds is 1. The van der Waals surface area contributed by atoms with Gasteiger partial charge >= 0.3 is 0 Å². The van der Waals surface area contributed by atoms with Crippen LogP contribution in [0.15, 0.2) is 34.8 Å². The zero-order chi connectivity index (χ0) is 10.8. The third kappa shape index (κ3) is 1.99. The van der Waals surface area contributed by atoms with Crippen molar-refractivity contribution in [3.8, 4) is 11.3 Å². The Balaban J connectivity index is 2.55. The van der Waals surface area contributed by atoms with Gasteiger partial charge in [0.1, 0.15) is 0 Å². The fourth-order valence-corrected chi connectivity index (χ4v) is 1.67. The number of nitrogen functional groups attached to an aromatic ring is 1. The van der Waals surface area contributed by atoms with Gasteiger partial charge in [0.2, 0.25) is 0 Å². The SMILES string of the molecule is Cc1ccccc1-c1cc(Br)c(N)nn1. The van der Waals surface area contributed by atoms with Gasteiger partial charge < -0.3 is 5.73 Å². The maximum Gasteiger partial charge on any atom is 0.160 e. The lowest BCUT2D eigenvalue weighted by atomic mass is 10.1. The van der Waals surface area contributed by atoms with Crippen LogP contribution in [0.3, 0.4) is 0 Å². The predicted octanol–water partition coefficient (Wildman–Crippen LogP) is 2.80. The van der Waals surface area contributed by atoms with Crippen molar-refractivity contribution in [3.05, 3.63) is 40.4 Å². The Labute approximate surface area is 96.5 Å². The largest absolute Gasteiger partial charge is 0.381 e. The van der Waals surface area contributed by atoms with Crippen molar-refractivity contribution in [2.24, 2.45) is 0 Å². The Morgan fingerprint density at radius 2 is 1.93 bits per heavy atom. The summed E-state index contributed by atoms with van der Waals surface area (Å²) in [5, 5.41) is 7.94. The van der Waals surface area contributed by atoms with E-state index in [9.17, 15) is 0 Å². The van der Waals surface area contributed by atoms with Crippen molar-refractivity contribution >= 4 is 21.7 Å². The summed E-state index contributed by atoms with van der Waals surface area (Å²) in [7, 11) is 0. The minimum Gasteiger partial charge on any atom is -0.381 e. The molecule has 0 aliphatic carbocycles. The monoisotopic (exact) mass is 263 g/mol. The highest BCUT2D eigenvalue weighted by atomic mass is 79.9. The second kappa shape index (κ2) is 3.98. The van der Waals surface area contributed by atoms with E-state index in [-0.39, 0.29) is 0 Å². The second-order valence-electron chi connectivity index (χ2n) is 3.28. The zero-order valence-electron chi connectivity index (χ0n) is 8.24. The van der Waals surface area contributed by atoms with Crippen LogP contribution in [0.5, 0.6) is 0 Å². The highest BCUT2D eigenvalue weighted by Crippen LogP contribution is 2.25. The van der Waals surface area contributed by atoms with Crippen LogP contribution < -0.4 is 5.73 Å². The van der Waals surface area contributed by atoms with E-state index in [1.54, 1.807) is 0 Å². The summed E-state index contributed by atoms with van der Waals surface area (Å²) in [5.41, 5.74) is 8.66. The third-order valence-corrected chi connectivity index (χ3v) is 2.83. The number of hydrogen-bond acceptors (Lipinski definition) is 3. The lowest BCUT2D eigenvalue weighted by Gasteiger charge is -2.04. The van der Waals surface area contributed by atoms with E-state index >= 15 is 0 Å². The van der Waals surface area contributed by atoms with Gasteiger partial charge in [0.25, 0.3) is 0 Å². The minimum absolute atomic E-state index is 0.410. The first-order chi connectivity index (χ1) is 7.18. The molecule has 76 valence electrons. The summed E-state index contributed by atoms with van der Waals surface area (Å²) in [5.74, 6) is 0.410. The van der Waals surface area contributed by atoms with Crippen molar-refractivity contribution in [3.63, 3.8) is 0 Å². The highest BCUT2D eigenvalue weighted by Gasteiger charge is 2.05. The van der Waals surface area contributed by atoms with Gasteiger partial charge in [-0.1, -0.05) is 24.3 Å². The van der Waals surface area contributed by atoms with Gasteiger partial charge in [0.15, 0.2) is 5.82 Å². The van der Waals surface area contributed by atoms with Crippen LogP contribution in [0, 0.1) is 6.92 Å². The molecule has 4 heteroatoms. The van der Waals surface area contributed by atoms with Gasteiger partial charge in [-0.3, -0.25) is 0 Å². The molecule has 2 N–H and O–H groups in total. The predicted molar refractivity (Wildman–Crippen MR) is 64.3 cm³/mol. The number of anilines is 1. The quantitative estimate of drug-likeness (QED) is 0.861. The molecule has 0 aliphatic rings. The van der Waals surface area contributed by atoms with E-state index in [0.29, 0.717) is 5.82 Å². The standard InChI is InChI=1S/C11H10BrN3/c1-7-4-2-3-5-8(7)10-6-9(12)11(13)15-14-10/h2-6H,1H3,(H2,13,15). The van der Waals surface area contributed by atoms with Crippen molar-refractivity contribution in [2.75, 3.05) is 5.73 Å². The minimum atomic E-state index is 0.410. The van der Waals surface area contributed by atoms with Gasteiger partial charge in [-0.15, -0.1) is 10.2 Å². The van der Waals surface area contributed by atoms with E-state index in [2.05, 4.69) is 26.1 Å². The number of aryl methyl sites for hydroxylation is 1. The molecular formula is C11H10BrN3. The van der Waals surface area contributed by atoms with Gasteiger partial charge in [-0.05, 0) is 34.5 Å². The van der Waals surface area contributed by atoms with Crippen molar-refractivity contribution < 1.29 is 0 Å². The van der Waals surface area contributed by atoms with E-state index in [1.807, 2.05) is 37.3 Å². The van der Waals surface area contributed by atoms with E-state index in [1.165, 1.54) is 5.56 Å². The Morgan fingerprint density at radius 1 is 1.20 bits per heavy atom. The molecular weight excluding hydrogens is 254 g/mol. The van der Waals surface area contributed by atoms with Crippen molar-refractivity contribution in [2.45, 2.75) is 6.92 Å². The molecule has 2 aromatic rings. The second-order valence-corrected chi connectivity index (χ2v) is 4.13. The van der Waals surface area contributed by atoms with Gasteiger partial charge in [-0.25, -0.2) is 0 Å². The number of halogens is 1. The molecule has 0 atom stereocenters. The van der Waals surface area contributed by atoms with E-state index in [0.717, 1.165) is 15.7 Å². The molecule has 1 aromatic heterocycles. The average molecular weight is 264 g/mol. The number of nitrogens with zero attached hydrogens (tertiary/aromatic N) is 2. The number of nitrogens with two attached hydrogens (primary N) is 1. The number of benzene rings is 1. The van der Waals surface area contributed by atoms with Crippen LogP contribution in [-0.2, 0) is 0 Å². The number of aromatic nitrogens is 2. The van der Waals surface area contributed by atoms with Crippen LogP contribution in [0.25, 0.3) is 11.3 Å². The van der Waals surface area contributed by atoms with E-state index < -0.39 is 0 Å². The molecule has 15 heavy (non-hydrogen) atoms. The lowest BCUT2D eigenvalue weighted by molar-refractivity contribution is 1.04. The molecule has 1 heterocycles. The molecule has 0 aliphatic heterocycles. The summed E-state index contributed by atoms with van der Waals surface area (Å²) < 4.78 is 0.774. The van der Waals surface area contributed by atoms with E-state index in [4.69, 9.17) is 5.73 Å². The summed E-state index contributed by atoms with van der Waals surface area (Å²) in [6.07, 6.45) is 0. The summed E-state index contributed by atoms with van der Waals surface area (Å²) >= 11 is 3.34. The highest BCUT2D eigenvalue weighted by molar-refractivity contribution is 9.10. The molecule has 3 nitrogen and oxygen atoms in total. The number of hydrogen-bond donors (Lipinski definition) is 1. The smallest absolute Gasteiger partial charge is 0.160 e. The average Bonchev–Trinajstić information content (AvgIpc) is 2.23. The normalized spacial score (nSPS) is 10.3. The maximum absolute atomic E-state index is 5.58. The Hall–Kier alpha value is -1.42. The zero-order valence-corrected chi connectivity index (χ0v) is 9.82. The Kier molecular flexibility index (Phi) is 2.68. The first kappa shape index (κ1) is 10.1. The molecule has 0 saturated heterocycles. The summed E-state index contributed by atoms with van der Waals surface area (Å²) in [6, 6.07) is 9.92. The van der Waals surface area contributed by atoms with Crippen LogP contribution >= 0.6 is 15.9 Å². The lowest BCUT2D eigenvalue weighted by Crippen LogP contribution is -1.96. The van der Waals surface area contributed by atoms with Crippen LogP contribution in [0.2, 0.25) is 0 Å². The summed E-state index contributed by atoms with van der Waals surface area (Å²) in [4.78, 5) is 0. The molecule has 0 spiro atoms. The topological polar surface area (TPSA) is 51.8 Å². The van der Waals surface area contributed by atoms with Gasteiger partial charge in [-0.2, -0.15) is 0 Å². The fraction of sp³-hybridized carbons (Fsp3) is 0.0909. The van der Waals surface area contributed by atoms with Crippen LogP contribution in [0.1, 0.15) is 5.56 Å². The molecule has 0 radical (unpaired) electrons. The van der Waals surface area contributed by atoms with Crippen molar-refractivity contribution in [1.82, 2.24) is 10.2 Å². The molecule has 0 saturated carbocycles. The molecule has 1 aromatic carbocycles. The molecule has 0 amide bonds. The maximum atomic E-state index is 5.58. The van der Waals surface area contributed by atoms with Crippen LogP contribution in [-0.4, -0.2) is 10.2 Å². The molecule has 0 fully saturated rings. The first-order valence-electron chi connectivity index (χ1n) is 4.53. The molecule has 2 rings (SSSR count). The van der Waals surface area contributed by atoms with Gasteiger partial charge in [0, 0.05) is 5.56 Å². The third-order valence-electron chi connectivity index (χ3n) is 2.19. The van der Waals surface area contributed by atoms with Gasteiger partial charge in [0.05, 0.1) is 10.2 Å². The summed E-state index contributed by atoms with van der Waals surface area (Å²) in [6.45, 7) is 2.04. The van der Waals surface area contributed by atoms with Crippen molar-refractivity contribution in [1.29, 1.82) is 0 Å². The van der Waals surface area contributed by atoms with Crippen LogP contribution in [0.4, 0.5) is 5.82 Å². The molecule has 0 bridgehead atoms. The fourth-order valence-electron chi connectivity index (χ4n) is 1.37. The molecule has 0 unspecified atom stereocenters. The Bertz CT molecular complexity index is 497.